The number of rotatable bonds is 6. The minimum Gasteiger partial charge on any atom is -0.335 e. The van der Waals surface area contributed by atoms with E-state index >= 15 is 0 Å². The summed E-state index contributed by atoms with van der Waals surface area (Å²) in [5, 5.41) is 0.610. The molecule has 0 unspecified atom stereocenters. The number of amides is 1. The Hall–Kier alpha value is -1.89. The average molecular weight is 367 g/mol. The van der Waals surface area contributed by atoms with E-state index in [9.17, 15) is 13.2 Å². The Labute approximate surface area is 147 Å². The Bertz CT molecular complexity index is 820. The van der Waals surface area contributed by atoms with Gasteiger partial charge in [-0.2, -0.15) is 0 Å². The summed E-state index contributed by atoms with van der Waals surface area (Å²) in [4.78, 5) is 14.4. The Morgan fingerprint density at radius 1 is 1.12 bits per heavy atom. The molecule has 0 saturated carbocycles. The van der Waals surface area contributed by atoms with Gasteiger partial charge in [0.25, 0.3) is 5.91 Å². The van der Waals surface area contributed by atoms with Crippen LogP contribution in [0.2, 0.25) is 5.02 Å². The van der Waals surface area contributed by atoms with Crippen LogP contribution >= 0.6 is 11.6 Å². The number of benzene rings is 2. The third-order valence-corrected chi connectivity index (χ3v) is 5.47. The highest BCUT2D eigenvalue weighted by Gasteiger charge is 2.17. The number of carbonyl (C=O) groups is 1. The zero-order valence-electron chi connectivity index (χ0n) is 13.5. The van der Waals surface area contributed by atoms with Crippen molar-refractivity contribution in [2.45, 2.75) is 18.4 Å². The number of sulfonamides is 1. The Kier molecular flexibility index (Phi) is 5.99. The van der Waals surface area contributed by atoms with Gasteiger partial charge in [0, 0.05) is 23.7 Å². The van der Waals surface area contributed by atoms with Gasteiger partial charge in [-0.3, -0.25) is 4.79 Å². The fourth-order valence-corrected chi connectivity index (χ4v) is 3.16. The van der Waals surface area contributed by atoms with Crippen molar-refractivity contribution in [2.75, 3.05) is 13.6 Å². The Balaban J connectivity index is 2.21. The first kappa shape index (κ1) is 18.4. The van der Waals surface area contributed by atoms with Crippen LogP contribution in [0, 0.1) is 0 Å². The zero-order chi connectivity index (χ0) is 17.7. The summed E-state index contributed by atoms with van der Waals surface area (Å²) in [6.45, 7) is 2.79. The van der Waals surface area contributed by atoms with E-state index in [1.165, 1.54) is 31.3 Å². The number of nitrogens with one attached hydrogen (secondary N) is 1. The fraction of sp³-hybridized carbons (Fsp3) is 0.235. The molecule has 0 bridgehead atoms. The highest BCUT2D eigenvalue weighted by Crippen LogP contribution is 2.19. The van der Waals surface area contributed by atoms with E-state index < -0.39 is 10.0 Å². The smallest absolute Gasteiger partial charge is 0.254 e. The molecule has 0 aliphatic carbocycles. The summed E-state index contributed by atoms with van der Waals surface area (Å²) in [6.07, 6.45) is 0. The molecule has 128 valence electrons. The molecule has 0 aromatic heterocycles. The molecule has 1 N–H and O–H groups in total. The standard InChI is InChI=1S/C17H19ClN2O3S/c1-3-20(12-14-6-4-5-7-16(14)18)17(21)13-8-10-15(11-9-13)24(22,23)19-2/h4-11,19H,3,12H2,1-2H3. The van der Waals surface area contributed by atoms with Crippen LogP contribution in [0.1, 0.15) is 22.8 Å². The van der Waals surface area contributed by atoms with E-state index in [-0.39, 0.29) is 10.8 Å². The van der Waals surface area contributed by atoms with Crippen molar-refractivity contribution in [3.63, 3.8) is 0 Å². The van der Waals surface area contributed by atoms with E-state index in [4.69, 9.17) is 11.6 Å². The maximum Gasteiger partial charge on any atom is 0.254 e. The molecule has 0 saturated heterocycles. The van der Waals surface area contributed by atoms with E-state index in [2.05, 4.69) is 4.72 Å². The molecule has 0 aliphatic rings. The molecule has 2 aromatic rings. The summed E-state index contributed by atoms with van der Waals surface area (Å²) >= 11 is 6.15. The van der Waals surface area contributed by atoms with Crippen LogP contribution in [0.4, 0.5) is 0 Å². The average Bonchev–Trinajstić information content (AvgIpc) is 2.60. The zero-order valence-corrected chi connectivity index (χ0v) is 15.1. The maximum absolute atomic E-state index is 12.6. The van der Waals surface area contributed by atoms with Crippen molar-refractivity contribution in [3.8, 4) is 0 Å². The molecule has 0 heterocycles. The largest absolute Gasteiger partial charge is 0.335 e. The molecule has 0 atom stereocenters. The number of halogens is 1. The van der Waals surface area contributed by atoms with Gasteiger partial charge in [-0.05, 0) is 49.9 Å². The summed E-state index contributed by atoms with van der Waals surface area (Å²) in [5.41, 5.74) is 1.29. The van der Waals surface area contributed by atoms with Gasteiger partial charge < -0.3 is 4.90 Å². The van der Waals surface area contributed by atoms with Crippen LogP contribution in [0.5, 0.6) is 0 Å². The van der Waals surface area contributed by atoms with E-state index in [1.807, 2.05) is 25.1 Å². The minimum absolute atomic E-state index is 0.121. The van der Waals surface area contributed by atoms with E-state index in [0.717, 1.165) is 5.56 Å². The molecule has 7 heteroatoms. The van der Waals surface area contributed by atoms with Crippen LogP contribution in [0.25, 0.3) is 0 Å². The SMILES string of the molecule is CCN(Cc1ccccc1Cl)C(=O)c1ccc(S(=O)(=O)NC)cc1. The highest BCUT2D eigenvalue weighted by atomic mass is 35.5. The number of hydrogen-bond acceptors (Lipinski definition) is 3. The normalized spacial score (nSPS) is 11.3. The van der Waals surface area contributed by atoms with Gasteiger partial charge in [0.05, 0.1) is 4.90 Å². The second kappa shape index (κ2) is 7.79. The van der Waals surface area contributed by atoms with Gasteiger partial charge >= 0.3 is 0 Å². The first-order chi connectivity index (χ1) is 11.4. The lowest BCUT2D eigenvalue weighted by atomic mass is 10.1. The molecular weight excluding hydrogens is 348 g/mol. The van der Waals surface area contributed by atoms with Crippen LogP contribution in [-0.4, -0.2) is 32.8 Å². The molecule has 0 spiro atoms. The lowest BCUT2D eigenvalue weighted by Gasteiger charge is -2.21. The maximum atomic E-state index is 12.6. The van der Waals surface area contributed by atoms with Crippen molar-refractivity contribution in [3.05, 3.63) is 64.7 Å². The summed E-state index contributed by atoms with van der Waals surface area (Å²) in [6, 6.07) is 13.2. The van der Waals surface area contributed by atoms with Crippen LogP contribution in [0.3, 0.4) is 0 Å². The van der Waals surface area contributed by atoms with Crippen LogP contribution in [0.15, 0.2) is 53.4 Å². The number of hydrogen-bond donors (Lipinski definition) is 1. The van der Waals surface area contributed by atoms with Gasteiger partial charge in [-0.15, -0.1) is 0 Å². The van der Waals surface area contributed by atoms with Crippen molar-refractivity contribution >= 4 is 27.5 Å². The van der Waals surface area contributed by atoms with Crippen molar-refractivity contribution in [2.24, 2.45) is 0 Å². The molecule has 5 nitrogen and oxygen atoms in total. The molecule has 0 aliphatic heterocycles. The second-order valence-electron chi connectivity index (χ2n) is 5.14. The van der Waals surface area contributed by atoms with Gasteiger partial charge in [0.2, 0.25) is 10.0 Å². The molecule has 2 rings (SSSR count). The summed E-state index contributed by atoms with van der Waals surface area (Å²) < 4.78 is 25.7. The second-order valence-corrected chi connectivity index (χ2v) is 7.44. The predicted octanol–water partition coefficient (Wildman–Crippen LogP) is 2.91. The monoisotopic (exact) mass is 366 g/mol. The van der Waals surface area contributed by atoms with Gasteiger partial charge in [0.1, 0.15) is 0 Å². The van der Waals surface area contributed by atoms with Gasteiger partial charge in [-0.1, -0.05) is 29.8 Å². The lowest BCUT2D eigenvalue weighted by Crippen LogP contribution is -2.30. The first-order valence-electron chi connectivity index (χ1n) is 7.45. The highest BCUT2D eigenvalue weighted by molar-refractivity contribution is 7.89. The molecular formula is C17H19ClN2O3S. The molecule has 1 amide bonds. The van der Waals surface area contributed by atoms with Crippen LogP contribution in [-0.2, 0) is 16.6 Å². The molecule has 0 fully saturated rings. The molecule has 24 heavy (non-hydrogen) atoms. The van der Waals surface area contributed by atoms with Gasteiger partial charge in [0.15, 0.2) is 0 Å². The third-order valence-electron chi connectivity index (χ3n) is 3.67. The lowest BCUT2D eigenvalue weighted by molar-refractivity contribution is 0.0752. The van der Waals surface area contributed by atoms with Crippen molar-refractivity contribution < 1.29 is 13.2 Å². The first-order valence-corrected chi connectivity index (χ1v) is 9.31. The minimum atomic E-state index is -3.51. The molecule has 2 aromatic carbocycles. The summed E-state index contributed by atoms with van der Waals surface area (Å²) in [7, 11) is -2.17. The van der Waals surface area contributed by atoms with Crippen LogP contribution < -0.4 is 4.72 Å². The molecule has 0 radical (unpaired) electrons. The van der Waals surface area contributed by atoms with Gasteiger partial charge in [-0.25, -0.2) is 13.1 Å². The Morgan fingerprint density at radius 3 is 2.29 bits per heavy atom. The van der Waals surface area contributed by atoms with Crippen molar-refractivity contribution in [1.82, 2.24) is 9.62 Å². The van der Waals surface area contributed by atoms with E-state index in [1.54, 1.807) is 11.0 Å². The third kappa shape index (κ3) is 4.14. The number of nitrogens with zero attached hydrogens (tertiary/aromatic N) is 1. The van der Waals surface area contributed by atoms with E-state index in [0.29, 0.717) is 23.7 Å². The Morgan fingerprint density at radius 2 is 1.75 bits per heavy atom. The summed E-state index contributed by atoms with van der Waals surface area (Å²) in [5.74, 6) is -0.175. The quantitative estimate of drug-likeness (QED) is 0.854. The fourth-order valence-electron chi connectivity index (χ4n) is 2.24. The number of carbonyl (C=O) groups excluding carboxylic acids is 1. The topological polar surface area (TPSA) is 66.5 Å². The van der Waals surface area contributed by atoms with Crippen molar-refractivity contribution in [1.29, 1.82) is 0 Å². The predicted molar refractivity (Wildman–Crippen MR) is 94.6 cm³/mol.